The summed E-state index contributed by atoms with van der Waals surface area (Å²) in [5.41, 5.74) is -2.27. The fourth-order valence-electron chi connectivity index (χ4n) is 2.18. The number of benzene rings is 1. The Labute approximate surface area is 116 Å². The molecule has 21 heavy (non-hydrogen) atoms. The number of aliphatic hydroxyl groups is 1. The summed E-state index contributed by atoms with van der Waals surface area (Å²) in [5.74, 6) is -12.4. The van der Waals surface area contributed by atoms with E-state index in [1.54, 1.807) is 13.8 Å². The molecule has 1 amide bonds. The molecule has 0 aromatic heterocycles. The normalized spacial score (nSPS) is 23.6. The van der Waals surface area contributed by atoms with E-state index in [0.717, 1.165) is 0 Å². The van der Waals surface area contributed by atoms with Crippen LogP contribution in [0, 0.1) is 34.5 Å². The standard InChI is InChI=1S/C13H12F5NO2/c1-13(2)4(3-5(13)20)19-12(21)6-7(14)9(16)11(18)10(17)8(6)15/h4-5,20H,3H2,1-2H3,(H,19,21). The fourth-order valence-corrected chi connectivity index (χ4v) is 2.18. The van der Waals surface area contributed by atoms with Gasteiger partial charge in [0, 0.05) is 11.5 Å². The molecule has 2 N–H and O–H groups in total. The number of hydrogen-bond acceptors (Lipinski definition) is 2. The van der Waals surface area contributed by atoms with Gasteiger partial charge in [-0.1, -0.05) is 13.8 Å². The van der Waals surface area contributed by atoms with E-state index < -0.39 is 58.1 Å². The van der Waals surface area contributed by atoms with Gasteiger partial charge in [0.2, 0.25) is 5.82 Å². The SMILES string of the molecule is CC1(C)C(O)CC1NC(=O)c1c(F)c(F)c(F)c(F)c1F. The minimum absolute atomic E-state index is 0.133. The Morgan fingerprint density at radius 1 is 1.05 bits per heavy atom. The van der Waals surface area contributed by atoms with Crippen LogP contribution < -0.4 is 5.32 Å². The third-order valence-electron chi connectivity index (χ3n) is 3.96. The molecule has 116 valence electrons. The summed E-state index contributed by atoms with van der Waals surface area (Å²) in [6.45, 7) is 3.20. The first-order valence-corrected chi connectivity index (χ1v) is 6.09. The van der Waals surface area contributed by atoms with Crippen LogP contribution >= 0.6 is 0 Å². The zero-order valence-corrected chi connectivity index (χ0v) is 11.1. The van der Waals surface area contributed by atoms with Gasteiger partial charge in [-0.05, 0) is 6.42 Å². The second-order valence-corrected chi connectivity index (χ2v) is 5.54. The Morgan fingerprint density at radius 2 is 1.48 bits per heavy atom. The molecule has 1 saturated carbocycles. The molecule has 8 heteroatoms. The molecule has 2 atom stereocenters. The lowest BCUT2D eigenvalue weighted by molar-refractivity contribution is -0.0690. The monoisotopic (exact) mass is 309 g/mol. The van der Waals surface area contributed by atoms with E-state index in [4.69, 9.17) is 0 Å². The maximum Gasteiger partial charge on any atom is 0.257 e. The minimum atomic E-state index is -2.32. The van der Waals surface area contributed by atoms with Crippen molar-refractivity contribution in [3.05, 3.63) is 34.6 Å². The summed E-state index contributed by atoms with van der Waals surface area (Å²) in [7, 11) is 0. The predicted molar refractivity (Wildman–Crippen MR) is 61.9 cm³/mol. The van der Waals surface area contributed by atoms with Crippen molar-refractivity contribution in [2.24, 2.45) is 5.41 Å². The lowest BCUT2D eigenvalue weighted by atomic mass is 9.64. The van der Waals surface area contributed by atoms with Gasteiger partial charge in [-0.15, -0.1) is 0 Å². The molecule has 0 saturated heterocycles. The first kappa shape index (κ1) is 15.7. The molecular formula is C13H12F5NO2. The van der Waals surface area contributed by atoms with Gasteiger partial charge in [0.25, 0.3) is 5.91 Å². The van der Waals surface area contributed by atoms with Gasteiger partial charge in [0.05, 0.1) is 6.10 Å². The Hall–Kier alpha value is -1.70. The predicted octanol–water partition coefficient (Wildman–Crippen LogP) is 2.27. The first-order valence-electron chi connectivity index (χ1n) is 6.09. The van der Waals surface area contributed by atoms with Crippen LogP contribution in [0.1, 0.15) is 30.6 Å². The highest BCUT2D eigenvalue weighted by atomic mass is 19.2. The number of rotatable bonds is 2. The van der Waals surface area contributed by atoms with Crippen LogP contribution in [-0.2, 0) is 0 Å². The number of halogens is 5. The largest absolute Gasteiger partial charge is 0.392 e. The third kappa shape index (κ3) is 2.27. The number of carbonyl (C=O) groups excluding carboxylic acids is 1. The molecule has 0 spiro atoms. The number of hydrogen-bond donors (Lipinski definition) is 2. The summed E-state index contributed by atoms with van der Waals surface area (Å²) in [5, 5.41) is 11.7. The van der Waals surface area contributed by atoms with Crippen molar-refractivity contribution >= 4 is 5.91 Å². The lowest BCUT2D eigenvalue weighted by Crippen LogP contribution is -2.61. The Bertz CT molecular complexity index is 588. The lowest BCUT2D eigenvalue weighted by Gasteiger charge is -2.49. The summed E-state index contributed by atoms with van der Waals surface area (Å²) in [6.07, 6.45) is -0.590. The minimum Gasteiger partial charge on any atom is -0.392 e. The molecule has 2 rings (SSSR count). The summed E-state index contributed by atoms with van der Waals surface area (Å²) in [6, 6.07) is -0.630. The van der Waals surface area contributed by atoms with Crippen LogP contribution in [0.25, 0.3) is 0 Å². The van der Waals surface area contributed by atoms with Crippen molar-refractivity contribution in [2.45, 2.75) is 32.4 Å². The van der Waals surface area contributed by atoms with Gasteiger partial charge >= 0.3 is 0 Å². The Balaban J connectivity index is 2.33. The van der Waals surface area contributed by atoms with Crippen LogP contribution in [0.2, 0.25) is 0 Å². The molecule has 3 nitrogen and oxygen atoms in total. The maximum atomic E-state index is 13.5. The van der Waals surface area contributed by atoms with E-state index in [1.165, 1.54) is 0 Å². The van der Waals surface area contributed by atoms with Gasteiger partial charge in [-0.25, -0.2) is 22.0 Å². The highest BCUT2D eigenvalue weighted by molar-refractivity contribution is 5.95. The van der Waals surface area contributed by atoms with E-state index in [2.05, 4.69) is 5.32 Å². The molecule has 1 aliphatic rings. The molecule has 0 bridgehead atoms. The van der Waals surface area contributed by atoms with Crippen LogP contribution in [0.3, 0.4) is 0 Å². The van der Waals surface area contributed by atoms with Gasteiger partial charge < -0.3 is 10.4 Å². The molecule has 1 fully saturated rings. The number of carbonyl (C=O) groups is 1. The molecule has 2 unspecified atom stereocenters. The van der Waals surface area contributed by atoms with Crippen LogP contribution in [-0.4, -0.2) is 23.2 Å². The molecule has 0 aliphatic heterocycles. The van der Waals surface area contributed by atoms with Crippen molar-refractivity contribution in [1.29, 1.82) is 0 Å². The van der Waals surface area contributed by atoms with Crippen LogP contribution in [0.5, 0.6) is 0 Å². The highest BCUT2D eigenvalue weighted by Crippen LogP contribution is 2.40. The first-order chi connectivity index (χ1) is 9.59. The molecule has 0 heterocycles. The van der Waals surface area contributed by atoms with Crippen LogP contribution in [0.4, 0.5) is 22.0 Å². The molecule has 1 aromatic rings. The van der Waals surface area contributed by atoms with Gasteiger partial charge in [0.1, 0.15) is 5.56 Å². The van der Waals surface area contributed by atoms with Gasteiger partial charge in [0.15, 0.2) is 23.3 Å². The Kier molecular flexibility index (Phi) is 3.69. The zero-order chi connectivity index (χ0) is 16.1. The van der Waals surface area contributed by atoms with Crippen molar-refractivity contribution in [3.8, 4) is 0 Å². The average Bonchev–Trinajstić information content (AvgIpc) is 2.43. The van der Waals surface area contributed by atoms with E-state index in [9.17, 15) is 31.9 Å². The van der Waals surface area contributed by atoms with Gasteiger partial charge in [-0.2, -0.15) is 0 Å². The second kappa shape index (κ2) is 4.94. The van der Waals surface area contributed by atoms with Crippen molar-refractivity contribution in [3.63, 3.8) is 0 Å². The molecule has 1 aliphatic carbocycles. The number of aliphatic hydroxyl groups excluding tert-OH is 1. The number of amides is 1. The zero-order valence-electron chi connectivity index (χ0n) is 11.1. The third-order valence-corrected chi connectivity index (χ3v) is 3.96. The molecule has 0 radical (unpaired) electrons. The summed E-state index contributed by atoms with van der Waals surface area (Å²) >= 11 is 0. The molecular weight excluding hydrogens is 297 g/mol. The van der Waals surface area contributed by atoms with Crippen LogP contribution in [0.15, 0.2) is 0 Å². The van der Waals surface area contributed by atoms with E-state index in [-0.39, 0.29) is 6.42 Å². The van der Waals surface area contributed by atoms with Crippen molar-refractivity contribution < 1.29 is 31.9 Å². The smallest absolute Gasteiger partial charge is 0.257 e. The topological polar surface area (TPSA) is 49.3 Å². The van der Waals surface area contributed by atoms with E-state index in [1.807, 2.05) is 0 Å². The molecule has 1 aromatic carbocycles. The number of nitrogens with one attached hydrogen (secondary N) is 1. The summed E-state index contributed by atoms with van der Waals surface area (Å²) in [4.78, 5) is 11.8. The summed E-state index contributed by atoms with van der Waals surface area (Å²) < 4.78 is 65.9. The Morgan fingerprint density at radius 3 is 1.86 bits per heavy atom. The highest BCUT2D eigenvalue weighted by Gasteiger charge is 2.48. The van der Waals surface area contributed by atoms with Crippen molar-refractivity contribution in [2.75, 3.05) is 0 Å². The van der Waals surface area contributed by atoms with Crippen molar-refractivity contribution in [1.82, 2.24) is 5.32 Å². The average molecular weight is 309 g/mol. The quantitative estimate of drug-likeness (QED) is 0.500. The second-order valence-electron chi connectivity index (χ2n) is 5.54. The van der Waals surface area contributed by atoms with E-state index >= 15 is 0 Å². The fraction of sp³-hybridized carbons (Fsp3) is 0.462. The van der Waals surface area contributed by atoms with E-state index in [0.29, 0.717) is 0 Å². The maximum absolute atomic E-state index is 13.5. The van der Waals surface area contributed by atoms with Gasteiger partial charge in [-0.3, -0.25) is 4.79 Å².